The zero-order valence-electron chi connectivity index (χ0n) is 16.3. The number of rotatable bonds is 4. The molecule has 0 heterocycles. The highest BCUT2D eigenvalue weighted by molar-refractivity contribution is 7.91. The third-order valence-corrected chi connectivity index (χ3v) is 6.84. The Morgan fingerprint density at radius 2 is 1.79 bits per heavy atom. The van der Waals surface area contributed by atoms with E-state index in [1.165, 1.54) is 22.3 Å². The van der Waals surface area contributed by atoms with Crippen LogP contribution in [0, 0.1) is 0 Å². The van der Waals surface area contributed by atoms with Crippen molar-refractivity contribution in [3.63, 3.8) is 0 Å². The second-order valence-corrected chi connectivity index (χ2v) is 9.64. The molecule has 7 heteroatoms. The number of nitrogens with zero attached hydrogens (tertiary/aromatic N) is 2. The molecule has 148 valence electrons. The Balaban J connectivity index is 1.58. The number of carbonyl (C=O) groups is 1. The summed E-state index contributed by atoms with van der Waals surface area (Å²) in [6.07, 6.45) is 5.13. The molecule has 2 aliphatic rings. The van der Waals surface area contributed by atoms with Gasteiger partial charge in [-0.1, -0.05) is 18.2 Å². The maximum Gasteiger partial charge on any atom is 0.354 e. The third kappa shape index (κ3) is 3.70. The molecular formula is C21H26N4O2S. The Hall–Kier alpha value is -2.22. The van der Waals surface area contributed by atoms with Gasteiger partial charge in [0, 0.05) is 12.2 Å². The van der Waals surface area contributed by atoms with Crippen molar-refractivity contribution >= 4 is 21.6 Å². The first kappa shape index (κ1) is 19.1. The summed E-state index contributed by atoms with van der Waals surface area (Å²) < 4.78 is 16.7. The highest BCUT2D eigenvalue weighted by atomic mass is 32.2. The van der Waals surface area contributed by atoms with Crippen molar-refractivity contribution in [2.24, 2.45) is 9.50 Å². The van der Waals surface area contributed by atoms with Gasteiger partial charge in [-0.15, -0.1) is 4.36 Å². The van der Waals surface area contributed by atoms with E-state index < -0.39 is 15.9 Å². The minimum Gasteiger partial charge on any atom is -0.305 e. The molecule has 0 aromatic heterocycles. The van der Waals surface area contributed by atoms with Crippen LogP contribution in [0.5, 0.6) is 0 Å². The number of hydrogen-bond acceptors (Lipinski definition) is 3. The van der Waals surface area contributed by atoms with Crippen LogP contribution >= 0.6 is 0 Å². The Labute approximate surface area is 166 Å². The zero-order chi connectivity index (χ0) is 19.9. The molecule has 28 heavy (non-hydrogen) atoms. The van der Waals surface area contributed by atoms with Gasteiger partial charge in [-0.25, -0.2) is 14.1 Å². The van der Waals surface area contributed by atoms with Gasteiger partial charge in [0.2, 0.25) is 0 Å². The molecule has 2 amide bonds. The summed E-state index contributed by atoms with van der Waals surface area (Å²) in [5.41, 5.74) is 6.98. The van der Waals surface area contributed by atoms with Crippen molar-refractivity contribution in [1.82, 2.24) is 4.90 Å². The van der Waals surface area contributed by atoms with E-state index in [9.17, 15) is 9.00 Å². The van der Waals surface area contributed by atoms with Gasteiger partial charge in [0.25, 0.3) is 0 Å². The Bertz CT molecular complexity index is 1050. The number of amides is 2. The fraction of sp³-hybridized carbons (Fsp3) is 0.381. The minimum atomic E-state index is -3.29. The number of nitrogens with two attached hydrogens (primary N) is 1. The highest BCUT2D eigenvalue weighted by Gasteiger charge is 2.26. The number of urea groups is 1. The van der Waals surface area contributed by atoms with Crippen LogP contribution in [0.25, 0.3) is 0 Å². The van der Waals surface area contributed by atoms with Crippen molar-refractivity contribution in [1.29, 1.82) is 0 Å². The van der Waals surface area contributed by atoms with Gasteiger partial charge < -0.3 is 10.2 Å². The van der Waals surface area contributed by atoms with E-state index in [2.05, 4.69) is 15.7 Å². The number of hydrogen-bond donors (Lipinski definition) is 2. The van der Waals surface area contributed by atoms with Gasteiger partial charge in [-0.3, -0.25) is 0 Å². The smallest absolute Gasteiger partial charge is 0.305 e. The number of aryl methyl sites for hydroxylation is 2. The Morgan fingerprint density at radius 3 is 2.43 bits per heavy atom. The monoisotopic (exact) mass is 398 g/mol. The van der Waals surface area contributed by atoms with Gasteiger partial charge in [0.05, 0.1) is 4.90 Å². The standard InChI is InChI=1S/C21H26N4O2S/c1-25(2)13-14-6-9-17(10-7-14)28(22,27)24-21(26)23-20-18-5-3-4-15(18)12-16-8-11-19(16)20/h6-7,9-10,12H,3-5,8,11,13H2,1-2H3,(H3,22,23,24,26,27). The largest absolute Gasteiger partial charge is 0.354 e. The van der Waals surface area contributed by atoms with E-state index in [4.69, 9.17) is 5.14 Å². The summed E-state index contributed by atoms with van der Waals surface area (Å²) in [5, 5.41) is 8.82. The lowest BCUT2D eigenvalue weighted by molar-refractivity contribution is 0.260. The molecule has 0 saturated carbocycles. The van der Waals surface area contributed by atoms with Crippen LogP contribution in [0.2, 0.25) is 0 Å². The van der Waals surface area contributed by atoms with Crippen molar-refractivity contribution < 1.29 is 9.00 Å². The number of anilines is 1. The second-order valence-electron chi connectivity index (χ2n) is 7.85. The Morgan fingerprint density at radius 1 is 1.11 bits per heavy atom. The molecular weight excluding hydrogens is 372 g/mol. The van der Waals surface area contributed by atoms with Gasteiger partial charge in [-0.05, 0) is 86.1 Å². The summed E-state index contributed by atoms with van der Waals surface area (Å²) in [6.45, 7) is 0.772. The van der Waals surface area contributed by atoms with E-state index in [0.29, 0.717) is 4.90 Å². The highest BCUT2D eigenvalue weighted by Crippen LogP contribution is 2.39. The summed E-state index contributed by atoms with van der Waals surface area (Å²) in [4.78, 5) is 15.0. The fourth-order valence-electron chi connectivity index (χ4n) is 4.06. The molecule has 6 nitrogen and oxygen atoms in total. The molecule has 0 bridgehead atoms. The van der Waals surface area contributed by atoms with E-state index in [-0.39, 0.29) is 0 Å². The first-order valence-corrected chi connectivity index (χ1v) is 11.2. The van der Waals surface area contributed by atoms with Gasteiger partial charge >= 0.3 is 6.03 Å². The molecule has 1 unspecified atom stereocenters. The molecule has 2 aliphatic carbocycles. The molecule has 0 radical (unpaired) electrons. The molecule has 0 saturated heterocycles. The van der Waals surface area contributed by atoms with Crippen molar-refractivity contribution in [3.8, 4) is 0 Å². The average Bonchev–Trinajstić information content (AvgIpc) is 3.05. The number of fused-ring (bicyclic) bond motifs is 2. The Kier molecular flexibility index (Phi) is 4.99. The summed E-state index contributed by atoms with van der Waals surface area (Å²) in [6, 6.07) is 8.73. The molecule has 1 atom stereocenters. The maximum atomic E-state index is 12.9. The van der Waals surface area contributed by atoms with Crippen molar-refractivity contribution in [2.45, 2.75) is 43.5 Å². The molecule has 0 spiro atoms. The van der Waals surface area contributed by atoms with E-state index >= 15 is 0 Å². The first-order chi connectivity index (χ1) is 13.3. The predicted octanol–water partition coefficient (Wildman–Crippen LogP) is 3.27. The van der Waals surface area contributed by atoms with Crippen LogP contribution in [-0.2, 0) is 42.1 Å². The molecule has 2 aromatic rings. The third-order valence-electron chi connectivity index (χ3n) is 5.45. The van der Waals surface area contributed by atoms with Crippen LogP contribution in [0.3, 0.4) is 0 Å². The normalized spacial score (nSPS) is 16.7. The van der Waals surface area contributed by atoms with Crippen molar-refractivity contribution in [3.05, 3.63) is 58.1 Å². The van der Waals surface area contributed by atoms with E-state index in [1.54, 1.807) is 12.1 Å². The van der Waals surface area contributed by atoms with Gasteiger partial charge in [0.1, 0.15) is 9.92 Å². The SMILES string of the molecule is CN(C)Cc1ccc(S(N)(=O)=NC(=O)Nc2c3c(cc4c2CC4)CCC3)cc1. The lowest BCUT2D eigenvalue weighted by atomic mass is 9.83. The lowest BCUT2D eigenvalue weighted by Crippen LogP contribution is -2.21. The quantitative estimate of drug-likeness (QED) is 0.828. The predicted molar refractivity (Wildman–Crippen MR) is 112 cm³/mol. The summed E-state index contributed by atoms with van der Waals surface area (Å²) in [5.74, 6) is 0. The number of benzene rings is 2. The van der Waals surface area contributed by atoms with Crippen LogP contribution in [-0.4, -0.2) is 29.2 Å². The fourth-order valence-corrected chi connectivity index (χ4v) is 4.98. The van der Waals surface area contributed by atoms with Crippen LogP contribution in [0.15, 0.2) is 39.6 Å². The number of carbonyl (C=O) groups excluding carboxylic acids is 1. The average molecular weight is 399 g/mol. The van der Waals surface area contributed by atoms with Crippen molar-refractivity contribution in [2.75, 3.05) is 19.4 Å². The van der Waals surface area contributed by atoms with Gasteiger partial charge in [-0.2, -0.15) is 0 Å². The molecule has 0 aliphatic heterocycles. The molecule has 0 fully saturated rings. The van der Waals surface area contributed by atoms with E-state index in [0.717, 1.165) is 49.9 Å². The summed E-state index contributed by atoms with van der Waals surface area (Å²) in [7, 11) is 0.667. The first-order valence-electron chi connectivity index (χ1n) is 9.59. The van der Waals surface area contributed by atoms with Crippen LogP contribution in [0.4, 0.5) is 10.5 Å². The molecule has 3 N–H and O–H groups in total. The topological polar surface area (TPSA) is 87.8 Å². The zero-order valence-corrected chi connectivity index (χ0v) is 17.1. The molecule has 2 aromatic carbocycles. The minimum absolute atomic E-state index is 0.358. The summed E-state index contributed by atoms with van der Waals surface area (Å²) >= 11 is 0. The molecule has 4 rings (SSSR count). The number of nitrogens with one attached hydrogen (secondary N) is 1. The second kappa shape index (κ2) is 7.31. The lowest BCUT2D eigenvalue weighted by Gasteiger charge is -2.25. The van der Waals surface area contributed by atoms with E-state index in [1.807, 2.05) is 31.1 Å². The van der Waals surface area contributed by atoms with Gasteiger partial charge in [0.15, 0.2) is 0 Å². The van der Waals surface area contributed by atoms with Crippen LogP contribution < -0.4 is 10.5 Å². The maximum absolute atomic E-state index is 12.9. The van der Waals surface area contributed by atoms with Crippen LogP contribution in [0.1, 0.15) is 34.2 Å².